The van der Waals surface area contributed by atoms with E-state index in [1.807, 2.05) is 65.0 Å². The summed E-state index contributed by atoms with van der Waals surface area (Å²) in [5, 5.41) is 16.2. The Morgan fingerprint density at radius 2 is 1.86 bits per heavy atom. The summed E-state index contributed by atoms with van der Waals surface area (Å²) >= 11 is 0. The second-order valence-electron chi connectivity index (χ2n) is 11.3. The molecule has 192 valence electrons. The Bertz CT molecular complexity index is 973. The van der Waals surface area contributed by atoms with Crippen molar-refractivity contribution in [3.8, 4) is 0 Å². The largest absolute Gasteiger partial charge is 0.394 e. The number of rotatable bonds is 8. The lowest BCUT2D eigenvalue weighted by Gasteiger charge is -2.38. The van der Waals surface area contributed by atoms with E-state index in [-0.39, 0.29) is 24.3 Å². The van der Waals surface area contributed by atoms with Crippen molar-refractivity contribution in [3.05, 3.63) is 35.9 Å². The molecule has 8 nitrogen and oxygen atoms in total. The van der Waals surface area contributed by atoms with Gasteiger partial charge in [-0.25, -0.2) is 0 Å². The highest BCUT2D eigenvalue weighted by Gasteiger charge is 2.79. The van der Waals surface area contributed by atoms with Crippen molar-refractivity contribution in [1.82, 2.24) is 15.5 Å². The van der Waals surface area contributed by atoms with Crippen LogP contribution in [0.25, 0.3) is 0 Å². The highest BCUT2D eigenvalue weighted by atomic mass is 16.5. The van der Waals surface area contributed by atoms with Crippen molar-refractivity contribution in [1.29, 1.82) is 0 Å². The molecular weight excluding hydrogens is 446 g/mol. The molecule has 0 aliphatic carbocycles. The summed E-state index contributed by atoms with van der Waals surface area (Å²) in [7, 11) is 0. The molecule has 3 aliphatic heterocycles. The van der Waals surface area contributed by atoms with E-state index >= 15 is 0 Å². The van der Waals surface area contributed by atoms with E-state index in [0.717, 1.165) is 5.56 Å². The number of fused-ring (bicyclic) bond motifs is 1. The van der Waals surface area contributed by atoms with Gasteiger partial charge < -0.3 is 25.4 Å². The van der Waals surface area contributed by atoms with Crippen molar-refractivity contribution in [2.75, 3.05) is 6.61 Å². The maximum Gasteiger partial charge on any atom is 0.246 e. The summed E-state index contributed by atoms with van der Waals surface area (Å²) in [6.07, 6.45) is 2.21. The lowest BCUT2D eigenvalue weighted by atomic mass is 9.65. The van der Waals surface area contributed by atoms with Crippen molar-refractivity contribution in [3.63, 3.8) is 0 Å². The molecule has 3 amide bonds. The fourth-order valence-electron chi connectivity index (χ4n) is 6.49. The zero-order valence-corrected chi connectivity index (χ0v) is 21.5. The van der Waals surface area contributed by atoms with Crippen LogP contribution in [0.4, 0.5) is 0 Å². The minimum atomic E-state index is -1.08. The number of benzene rings is 1. The first-order chi connectivity index (χ1) is 16.5. The molecule has 1 aromatic carbocycles. The van der Waals surface area contributed by atoms with Crippen molar-refractivity contribution in [2.24, 2.45) is 11.8 Å². The quantitative estimate of drug-likeness (QED) is 0.523. The predicted octanol–water partition coefficient (Wildman–Crippen LogP) is 2.14. The van der Waals surface area contributed by atoms with Crippen molar-refractivity contribution < 1.29 is 24.2 Å². The van der Waals surface area contributed by atoms with Gasteiger partial charge in [-0.05, 0) is 52.0 Å². The van der Waals surface area contributed by atoms with E-state index in [1.54, 1.807) is 0 Å². The minimum absolute atomic E-state index is 0.218. The van der Waals surface area contributed by atoms with Crippen LogP contribution in [-0.4, -0.2) is 63.2 Å². The Hall–Kier alpha value is -2.45. The van der Waals surface area contributed by atoms with Crippen LogP contribution in [0.3, 0.4) is 0 Å². The molecule has 8 heteroatoms. The normalized spacial score (nSPS) is 32.5. The highest BCUT2D eigenvalue weighted by Crippen LogP contribution is 2.64. The fraction of sp³-hybridized carbons (Fsp3) is 0.667. The number of nitrogens with one attached hydrogen (secondary N) is 2. The maximum absolute atomic E-state index is 14.0. The molecule has 0 aromatic heterocycles. The zero-order valence-electron chi connectivity index (χ0n) is 21.5. The summed E-state index contributed by atoms with van der Waals surface area (Å²) in [5.41, 5.74) is -1.40. The second-order valence-corrected chi connectivity index (χ2v) is 11.3. The molecule has 3 aliphatic rings. The monoisotopic (exact) mass is 485 g/mol. The molecule has 3 heterocycles. The molecule has 0 radical (unpaired) electrons. The summed E-state index contributed by atoms with van der Waals surface area (Å²) in [6.45, 7) is 9.64. The Labute approximate surface area is 207 Å². The van der Waals surface area contributed by atoms with Gasteiger partial charge in [-0.2, -0.15) is 0 Å². The number of hydrogen-bond donors (Lipinski definition) is 3. The third-order valence-corrected chi connectivity index (χ3v) is 8.03. The van der Waals surface area contributed by atoms with Crippen LogP contribution in [0.2, 0.25) is 0 Å². The molecule has 3 fully saturated rings. The lowest BCUT2D eigenvalue weighted by molar-refractivity contribution is -0.151. The molecule has 35 heavy (non-hydrogen) atoms. The number of aliphatic hydroxyl groups excluding tert-OH is 1. The summed E-state index contributed by atoms with van der Waals surface area (Å²) in [4.78, 5) is 42.9. The van der Waals surface area contributed by atoms with Crippen LogP contribution >= 0.6 is 0 Å². The molecule has 0 saturated carbocycles. The average Bonchev–Trinajstić information content (AvgIpc) is 3.42. The van der Waals surface area contributed by atoms with Gasteiger partial charge in [0.15, 0.2) is 0 Å². The van der Waals surface area contributed by atoms with Gasteiger partial charge in [0, 0.05) is 12.1 Å². The first kappa shape index (κ1) is 25.6. The molecule has 2 bridgehead atoms. The SMILES string of the molecule is CC[C@@H](CO)N1C(=O)[C@@H]2[C@@H](C(=O)NCc3ccccc3)[C@@]3(CC)CCC2(O3)C1C(=O)NC(C)(C)C. The first-order valence-electron chi connectivity index (χ1n) is 12.8. The Morgan fingerprint density at radius 3 is 2.43 bits per heavy atom. The number of carbonyl (C=O) groups excluding carboxylic acids is 3. The van der Waals surface area contributed by atoms with Crippen LogP contribution < -0.4 is 10.6 Å². The minimum Gasteiger partial charge on any atom is -0.394 e. The van der Waals surface area contributed by atoms with E-state index in [4.69, 9.17) is 4.74 Å². The molecule has 1 aromatic rings. The standard InChI is InChI=1S/C27H39N3O5/c1-6-18(16-31)30-21(23(33)29-25(3,4)5)27-14-13-26(7-2,35-27)19(20(27)24(30)34)22(32)28-15-17-11-9-8-10-12-17/h8-12,18-21,31H,6-7,13-16H2,1-5H3,(H,28,32)(H,29,33)/t18-,19-,20-,21?,26+,27?/m0/s1. The van der Waals surface area contributed by atoms with Crippen LogP contribution in [0, 0.1) is 11.8 Å². The first-order valence-corrected chi connectivity index (χ1v) is 12.8. The number of amides is 3. The Kier molecular flexibility index (Phi) is 6.74. The highest BCUT2D eigenvalue weighted by molar-refractivity contribution is 5.99. The van der Waals surface area contributed by atoms with Crippen LogP contribution in [0.5, 0.6) is 0 Å². The van der Waals surface area contributed by atoms with Gasteiger partial charge in [-0.1, -0.05) is 44.2 Å². The number of aliphatic hydroxyl groups is 1. The van der Waals surface area contributed by atoms with E-state index < -0.39 is 40.7 Å². The zero-order chi connectivity index (χ0) is 25.6. The third-order valence-electron chi connectivity index (χ3n) is 8.03. The summed E-state index contributed by atoms with van der Waals surface area (Å²) in [5.74, 6) is -2.23. The van der Waals surface area contributed by atoms with Crippen LogP contribution in [0.15, 0.2) is 30.3 Å². The van der Waals surface area contributed by atoms with Crippen LogP contribution in [0.1, 0.15) is 65.9 Å². The van der Waals surface area contributed by atoms with Gasteiger partial charge in [-0.3, -0.25) is 14.4 Å². The van der Waals surface area contributed by atoms with E-state index in [0.29, 0.717) is 32.2 Å². The van der Waals surface area contributed by atoms with Crippen molar-refractivity contribution in [2.45, 2.75) is 95.7 Å². The van der Waals surface area contributed by atoms with Gasteiger partial charge in [0.25, 0.3) is 0 Å². The third kappa shape index (κ3) is 4.14. The number of ether oxygens (including phenoxy) is 1. The number of carbonyl (C=O) groups is 3. The van der Waals surface area contributed by atoms with Gasteiger partial charge in [-0.15, -0.1) is 0 Å². The van der Waals surface area contributed by atoms with E-state index in [9.17, 15) is 19.5 Å². The second kappa shape index (κ2) is 9.21. The lowest BCUT2D eigenvalue weighted by Crippen LogP contribution is -2.60. The number of nitrogens with zero attached hydrogens (tertiary/aromatic N) is 1. The van der Waals surface area contributed by atoms with Crippen molar-refractivity contribution >= 4 is 17.7 Å². The summed E-state index contributed by atoms with van der Waals surface area (Å²) in [6, 6.07) is 8.23. The maximum atomic E-state index is 14.0. The van der Waals surface area contributed by atoms with Gasteiger partial charge >= 0.3 is 0 Å². The van der Waals surface area contributed by atoms with Gasteiger partial charge in [0.2, 0.25) is 17.7 Å². The van der Waals surface area contributed by atoms with Gasteiger partial charge in [0.1, 0.15) is 11.6 Å². The van der Waals surface area contributed by atoms with E-state index in [1.165, 1.54) is 4.90 Å². The van der Waals surface area contributed by atoms with E-state index in [2.05, 4.69) is 10.6 Å². The number of likely N-dealkylation sites (tertiary alicyclic amines) is 1. The molecule has 3 saturated heterocycles. The molecule has 1 spiro atoms. The fourth-order valence-corrected chi connectivity index (χ4v) is 6.49. The Morgan fingerprint density at radius 1 is 1.17 bits per heavy atom. The molecule has 2 unspecified atom stereocenters. The molecular formula is C27H39N3O5. The predicted molar refractivity (Wildman–Crippen MR) is 131 cm³/mol. The Balaban J connectivity index is 1.72. The molecule has 3 N–H and O–H groups in total. The molecule has 4 rings (SSSR count). The number of hydrogen-bond acceptors (Lipinski definition) is 5. The summed E-state index contributed by atoms with van der Waals surface area (Å²) < 4.78 is 6.73. The smallest absolute Gasteiger partial charge is 0.246 e. The van der Waals surface area contributed by atoms with Crippen LogP contribution in [-0.2, 0) is 25.7 Å². The molecule has 6 atom stereocenters. The topological polar surface area (TPSA) is 108 Å². The van der Waals surface area contributed by atoms with Gasteiger partial charge in [0.05, 0.1) is 30.1 Å². The average molecular weight is 486 g/mol.